The molecule has 0 aliphatic carbocycles. The summed E-state index contributed by atoms with van der Waals surface area (Å²) in [7, 11) is 0. The zero-order valence-corrected chi connectivity index (χ0v) is 11.3. The maximum atomic E-state index is 12.3. The van der Waals surface area contributed by atoms with Gasteiger partial charge >= 0.3 is 0 Å². The van der Waals surface area contributed by atoms with Crippen molar-refractivity contribution in [3.63, 3.8) is 0 Å². The van der Waals surface area contributed by atoms with Gasteiger partial charge in [-0.15, -0.1) is 11.3 Å². The maximum absolute atomic E-state index is 12.3. The largest absolute Gasteiger partial charge is 0.388 e. The number of carbonyl (C=O) groups excluding carboxylic acids is 1. The van der Waals surface area contributed by atoms with Gasteiger partial charge in [-0.25, -0.2) is 4.98 Å². The Morgan fingerprint density at radius 1 is 1.53 bits per heavy atom. The lowest BCUT2D eigenvalue weighted by atomic mass is 9.95. The summed E-state index contributed by atoms with van der Waals surface area (Å²) in [5, 5.41) is 10.9. The Morgan fingerprint density at radius 3 is 2.76 bits per heavy atom. The molecule has 2 heterocycles. The Balaban J connectivity index is 2.18. The highest BCUT2D eigenvalue weighted by Crippen LogP contribution is 2.25. The van der Waals surface area contributed by atoms with Crippen LogP contribution in [0.2, 0.25) is 0 Å². The van der Waals surface area contributed by atoms with E-state index in [1.807, 2.05) is 13.8 Å². The van der Waals surface area contributed by atoms with Gasteiger partial charge in [0.05, 0.1) is 16.3 Å². The summed E-state index contributed by atoms with van der Waals surface area (Å²) >= 11 is 1.43. The zero-order chi connectivity index (χ0) is 12.6. The van der Waals surface area contributed by atoms with Gasteiger partial charge in [0, 0.05) is 13.1 Å². The summed E-state index contributed by atoms with van der Waals surface area (Å²) in [5.41, 5.74) is 0.0457. The van der Waals surface area contributed by atoms with Gasteiger partial charge in [0.2, 0.25) is 0 Å². The third-order valence-electron chi connectivity index (χ3n) is 3.06. The van der Waals surface area contributed by atoms with Gasteiger partial charge in [0.1, 0.15) is 4.88 Å². The molecule has 0 radical (unpaired) electrons. The number of aromatic nitrogens is 1. The fourth-order valence-corrected chi connectivity index (χ4v) is 3.15. The minimum absolute atomic E-state index is 0.00748. The van der Waals surface area contributed by atoms with Crippen molar-refractivity contribution in [2.45, 2.75) is 39.2 Å². The highest BCUT2D eigenvalue weighted by Gasteiger charge is 2.32. The molecule has 94 valence electrons. The second-order valence-corrected chi connectivity index (χ2v) is 6.18. The van der Waals surface area contributed by atoms with Crippen LogP contribution < -0.4 is 0 Å². The molecule has 1 aromatic heterocycles. The van der Waals surface area contributed by atoms with Gasteiger partial charge < -0.3 is 10.0 Å². The van der Waals surface area contributed by atoms with E-state index in [0.29, 0.717) is 11.4 Å². The average molecular weight is 254 g/mol. The predicted octanol–water partition coefficient (Wildman–Crippen LogP) is 1.75. The molecule has 4 nitrogen and oxygen atoms in total. The molecule has 1 aromatic rings. The molecule has 1 unspecified atom stereocenters. The van der Waals surface area contributed by atoms with E-state index in [9.17, 15) is 9.90 Å². The van der Waals surface area contributed by atoms with E-state index in [1.165, 1.54) is 11.3 Å². The average Bonchev–Trinajstić information content (AvgIpc) is 2.55. The molecule has 17 heavy (non-hydrogen) atoms. The molecule has 1 saturated heterocycles. The van der Waals surface area contributed by atoms with Gasteiger partial charge in [0.25, 0.3) is 5.91 Å². The van der Waals surface area contributed by atoms with Crippen molar-refractivity contribution in [2.75, 3.05) is 13.1 Å². The van der Waals surface area contributed by atoms with Crippen LogP contribution >= 0.6 is 11.3 Å². The number of piperidine rings is 1. The van der Waals surface area contributed by atoms with Crippen molar-refractivity contribution in [3.8, 4) is 0 Å². The normalized spacial score (nSPS) is 25.1. The molecule has 1 fully saturated rings. The number of carbonyl (C=O) groups is 1. The standard InChI is InChI=1S/C12H18N2O2S/c1-8-10(17-9(2)13-8)11(15)14-6-4-5-12(3,16)7-14/h16H,4-7H2,1-3H3. The van der Waals surface area contributed by atoms with Gasteiger partial charge in [0.15, 0.2) is 0 Å². The summed E-state index contributed by atoms with van der Waals surface area (Å²) in [6.45, 7) is 6.70. The molecule has 0 saturated carbocycles. The lowest BCUT2D eigenvalue weighted by Gasteiger charge is -2.36. The molecule has 2 rings (SSSR count). The van der Waals surface area contributed by atoms with E-state index in [1.54, 1.807) is 11.8 Å². The molecule has 0 spiro atoms. The summed E-state index contributed by atoms with van der Waals surface area (Å²) in [6, 6.07) is 0. The number of aliphatic hydroxyl groups is 1. The number of amides is 1. The van der Waals surface area contributed by atoms with Crippen molar-refractivity contribution in [3.05, 3.63) is 15.6 Å². The highest BCUT2D eigenvalue weighted by atomic mass is 32.1. The summed E-state index contributed by atoms with van der Waals surface area (Å²) in [4.78, 5) is 19.0. The first kappa shape index (κ1) is 12.5. The lowest BCUT2D eigenvalue weighted by Crippen LogP contribution is -2.48. The van der Waals surface area contributed by atoms with Gasteiger partial charge in [-0.2, -0.15) is 0 Å². The van der Waals surface area contributed by atoms with E-state index in [4.69, 9.17) is 0 Å². The van der Waals surface area contributed by atoms with Gasteiger partial charge in [-0.05, 0) is 33.6 Å². The fourth-order valence-electron chi connectivity index (χ4n) is 2.27. The maximum Gasteiger partial charge on any atom is 0.265 e. The van der Waals surface area contributed by atoms with Crippen molar-refractivity contribution in [2.24, 2.45) is 0 Å². The molecule has 1 aliphatic rings. The molecule has 1 atom stereocenters. The van der Waals surface area contributed by atoms with Crippen LogP contribution in [0.1, 0.15) is 40.1 Å². The molecule has 1 aliphatic heterocycles. The third-order valence-corrected chi connectivity index (χ3v) is 4.12. The van der Waals surface area contributed by atoms with Crippen LogP contribution in [0, 0.1) is 13.8 Å². The van der Waals surface area contributed by atoms with Crippen LogP contribution in [0.15, 0.2) is 0 Å². The quantitative estimate of drug-likeness (QED) is 0.830. The number of hydrogen-bond acceptors (Lipinski definition) is 4. The van der Waals surface area contributed by atoms with Crippen LogP contribution in [-0.2, 0) is 0 Å². The van der Waals surface area contributed by atoms with Crippen LogP contribution in [0.4, 0.5) is 0 Å². The molecule has 1 N–H and O–H groups in total. The van der Waals surface area contributed by atoms with Crippen molar-refractivity contribution >= 4 is 17.2 Å². The van der Waals surface area contributed by atoms with Crippen LogP contribution in [-0.4, -0.2) is 39.6 Å². The summed E-state index contributed by atoms with van der Waals surface area (Å²) < 4.78 is 0. The SMILES string of the molecule is Cc1nc(C)c(C(=O)N2CCCC(C)(O)C2)s1. The first-order valence-corrected chi connectivity index (χ1v) is 6.66. The van der Waals surface area contributed by atoms with E-state index >= 15 is 0 Å². The lowest BCUT2D eigenvalue weighted by molar-refractivity contribution is -0.0106. The van der Waals surface area contributed by atoms with Crippen molar-refractivity contribution in [1.82, 2.24) is 9.88 Å². The molecule has 5 heteroatoms. The highest BCUT2D eigenvalue weighted by molar-refractivity contribution is 7.13. The summed E-state index contributed by atoms with van der Waals surface area (Å²) in [5.74, 6) is 0.00748. The Bertz CT molecular complexity index is 440. The molecular weight excluding hydrogens is 236 g/mol. The predicted molar refractivity (Wildman–Crippen MR) is 67.3 cm³/mol. The van der Waals surface area contributed by atoms with Crippen LogP contribution in [0.25, 0.3) is 0 Å². The first-order chi connectivity index (χ1) is 7.89. The third kappa shape index (κ3) is 2.66. The Kier molecular flexibility index (Phi) is 3.23. The second-order valence-electron chi connectivity index (χ2n) is 4.97. The molecular formula is C12H18N2O2S. The smallest absolute Gasteiger partial charge is 0.265 e. The van der Waals surface area contributed by atoms with Gasteiger partial charge in [-0.1, -0.05) is 0 Å². The number of thiazole rings is 1. The zero-order valence-electron chi connectivity index (χ0n) is 10.5. The van der Waals surface area contributed by atoms with Gasteiger partial charge in [-0.3, -0.25) is 4.79 Å². The van der Waals surface area contributed by atoms with E-state index < -0.39 is 5.60 Å². The Hall–Kier alpha value is -0.940. The Labute approximate surface area is 105 Å². The first-order valence-electron chi connectivity index (χ1n) is 5.85. The van der Waals surface area contributed by atoms with E-state index in [2.05, 4.69) is 4.98 Å². The molecule has 1 amide bonds. The second kappa shape index (κ2) is 4.38. The van der Waals surface area contributed by atoms with E-state index in [-0.39, 0.29) is 5.91 Å². The number of hydrogen-bond donors (Lipinski definition) is 1. The number of nitrogens with zero attached hydrogens (tertiary/aromatic N) is 2. The Morgan fingerprint density at radius 2 is 2.24 bits per heavy atom. The number of rotatable bonds is 1. The van der Waals surface area contributed by atoms with Crippen LogP contribution in [0.3, 0.4) is 0 Å². The van der Waals surface area contributed by atoms with Crippen molar-refractivity contribution in [1.29, 1.82) is 0 Å². The fraction of sp³-hybridized carbons (Fsp3) is 0.667. The minimum Gasteiger partial charge on any atom is -0.388 e. The molecule has 0 aromatic carbocycles. The summed E-state index contributed by atoms with van der Waals surface area (Å²) in [6.07, 6.45) is 1.62. The minimum atomic E-state index is -0.748. The van der Waals surface area contributed by atoms with Crippen LogP contribution in [0.5, 0.6) is 0 Å². The molecule has 0 bridgehead atoms. The number of β-amino-alcohol motifs (C(OH)–C–C–N with tert-alkyl or cyclic N) is 1. The topological polar surface area (TPSA) is 53.4 Å². The van der Waals surface area contributed by atoms with E-state index in [0.717, 1.165) is 30.1 Å². The monoisotopic (exact) mass is 254 g/mol. The van der Waals surface area contributed by atoms with Crippen molar-refractivity contribution < 1.29 is 9.90 Å². The number of aryl methyl sites for hydroxylation is 2. The number of likely N-dealkylation sites (tertiary alicyclic amines) is 1.